The maximum atomic E-state index is 12.6. The smallest absolute Gasteiger partial charge is 0.257 e. The van der Waals surface area contributed by atoms with Crippen LogP contribution < -0.4 is 10.1 Å². The highest BCUT2D eigenvalue weighted by Gasteiger charge is 2.23. The third-order valence-electron chi connectivity index (χ3n) is 4.56. The van der Waals surface area contributed by atoms with Crippen molar-refractivity contribution in [3.63, 3.8) is 0 Å². The lowest BCUT2D eigenvalue weighted by Gasteiger charge is -2.31. The first-order valence-electron chi connectivity index (χ1n) is 8.30. The van der Waals surface area contributed by atoms with Crippen molar-refractivity contribution in [3.8, 4) is 5.75 Å². The Hall–Kier alpha value is -2.05. The predicted molar refractivity (Wildman–Crippen MR) is 99.6 cm³/mol. The summed E-state index contributed by atoms with van der Waals surface area (Å²) in [5, 5.41) is 7.65. The molecule has 3 rings (SSSR count). The molecule has 1 aromatic heterocycles. The van der Waals surface area contributed by atoms with Gasteiger partial charge in [-0.05, 0) is 43.6 Å². The van der Waals surface area contributed by atoms with Crippen LogP contribution in [-0.2, 0) is 6.54 Å². The van der Waals surface area contributed by atoms with E-state index in [0.717, 1.165) is 37.2 Å². The van der Waals surface area contributed by atoms with E-state index < -0.39 is 0 Å². The van der Waals surface area contributed by atoms with Crippen LogP contribution in [0.25, 0.3) is 0 Å². The maximum Gasteiger partial charge on any atom is 0.257 e. The molecule has 1 N–H and O–H groups in total. The fraction of sp³-hybridized carbons (Fsp3) is 0.444. The van der Waals surface area contributed by atoms with E-state index in [1.54, 1.807) is 18.0 Å². The van der Waals surface area contributed by atoms with Crippen LogP contribution in [0.5, 0.6) is 5.75 Å². The Labute approximate surface area is 154 Å². The van der Waals surface area contributed by atoms with Crippen LogP contribution in [0.4, 0.5) is 0 Å². The molecule has 2 heterocycles. The summed E-state index contributed by atoms with van der Waals surface area (Å²) >= 11 is 0. The van der Waals surface area contributed by atoms with E-state index in [9.17, 15) is 4.79 Å². The molecule has 1 amide bonds. The molecule has 1 aromatic carbocycles. The zero-order valence-corrected chi connectivity index (χ0v) is 15.5. The number of rotatable bonds is 5. The molecule has 0 atom stereocenters. The molecule has 0 unspecified atom stereocenters. The minimum atomic E-state index is 0. The lowest BCUT2D eigenvalue weighted by atomic mass is 10.0. The molecule has 0 aliphatic carbocycles. The van der Waals surface area contributed by atoms with Crippen LogP contribution in [0.3, 0.4) is 0 Å². The molecule has 0 radical (unpaired) electrons. The molecule has 25 heavy (non-hydrogen) atoms. The summed E-state index contributed by atoms with van der Waals surface area (Å²) < 4.78 is 6.96. The van der Waals surface area contributed by atoms with E-state index in [-0.39, 0.29) is 18.3 Å². The van der Waals surface area contributed by atoms with E-state index in [2.05, 4.69) is 10.4 Å². The van der Waals surface area contributed by atoms with Gasteiger partial charge >= 0.3 is 0 Å². The standard InChI is InChI=1S/C18H24N4O2.ClH/c1-21(16-7-9-19-10-8-16)18(23)15-11-20-22(13-15)12-14-3-5-17(24-2)6-4-14;/h3-6,11,13,16,19H,7-10,12H2,1-2H3;1H. The summed E-state index contributed by atoms with van der Waals surface area (Å²) in [6.45, 7) is 2.58. The second kappa shape index (κ2) is 8.87. The number of piperidine rings is 1. The van der Waals surface area contributed by atoms with Gasteiger partial charge in [0.1, 0.15) is 5.75 Å². The molecule has 1 aliphatic heterocycles. The summed E-state index contributed by atoms with van der Waals surface area (Å²) in [4.78, 5) is 14.5. The number of amides is 1. The Morgan fingerprint density at radius 2 is 2.00 bits per heavy atom. The van der Waals surface area contributed by atoms with Crippen molar-refractivity contribution in [1.29, 1.82) is 0 Å². The number of benzene rings is 1. The third-order valence-corrected chi connectivity index (χ3v) is 4.56. The van der Waals surface area contributed by atoms with Crippen molar-refractivity contribution in [1.82, 2.24) is 20.0 Å². The first kappa shape index (κ1) is 19.3. The lowest BCUT2D eigenvalue weighted by Crippen LogP contribution is -2.43. The predicted octanol–water partition coefficient (Wildman–Crippen LogP) is 2.19. The minimum absolute atomic E-state index is 0. The van der Waals surface area contributed by atoms with E-state index in [1.807, 2.05) is 42.4 Å². The molecule has 136 valence electrons. The van der Waals surface area contributed by atoms with Crippen molar-refractivity contribution in [2.45, 2.75) is 25.4 Å². The third kappa shape index (κ3) is 4.74. The van der Waals surface area contributed by atoms with Crippen LogP contribution in [0.1, 0.15) is 28.8 Å². The molecular formula is C18H25ClN4O2. The number of hydrogen-bond donors (Lipinski definition) is 1. The van der Waals surface area contributed by atoms with Crippen molar-refractivity contribution in [3.05, 3.63) is 47.8 Å². The molecule has 2 aromatic rings. The summed E-state index contributed by atoms with van der Waals surface area (Å²) in [7, 11) is 3.54. The Bertz CT molecular complexity index is 681. The SMILES string of the molecule is COc1ccc(Cn2cc(C(=O)N(C)C3CCNCC3)cn2)cc1.Cl. The molecule has 1 aliphatic rings. The molecule has 7 heteroatoms. The first-order valence-corrected chi connectivity index (χ1v) is 8.30. The molecule has 0 saturated carbocycles. The van der Waals surface area contributed by atoms with Gasteiger partial charge in [-0.25, -0.2) is 0 Å². The van der Waals surface area contributed by atoms with Gasteiger partial charge in [0.25, 0.3) is 5.91 Å². The highest BCUT2D eigenvalue weighted by Crippen LogP contribution is 2.15. The van der Waals surface area contributed by atoms with Crippen LogP contribution in [0, 0.1) is 0 Å². The van der Waals surface area contributed by atoms with Crippen LogP contribution in [0.15, 0.2) is 36.7 Å². The Balaban J connectivity index is 0.00000225. The van der Waals surface area contributed by atoms with E-state index >= 15 is 0 Å². The minimum Gasteiger partial charge on any atom is -0.497 e. The summed E-state index contributed by atoms with van der Waals surface area (Å²) in [5.41, 5.74) is 1.76. The zero-order chi connectivity index (χ0) is 16.9. The number of hydrogen-bond acceptors (Lipinski definition) is 4. The molecular weight excluding hydrogens is 340 g/mol. The van der Waals surface area contributed by atoms with Gasteiger partial charge in [0.05, 0.1) is 25.4 Å². The number of halogens is 1. The van der Waals surface area contributed by atoms with Gasteiger partial charge in [-0.2, -0.15) is 5.10 Å². The highest BCUT2D eigenvalue weighted by molar-refractivity contribution is 5.93. The monoisotopic (exact) mass is 364 g/mol. The molecule has 6 nitrogen and oxygen atoms in total. The molecule has 1 fully saturated rings. The van der Waals surface area contributed by atoms with E-state index in [4.69, 9.17) is 4.74 Å². The Kier molecular flexibility index (Phi) is 6.84. The average molecular weight is 365 g/mol. The van der Waals surface area contributed by atoms with Gasteiger partial charge in [0.2, 0.25) is 0 Å². The number of aromatic nitrogens is 2. The van der Waals surface area contributed by atoms with Gasteiger partial charge in [-0.3, -0.25) is 9.48 Å². The van der Waals surface area contributed by atoms with Crippen LogP contribution in [-0.4, -0.2) is 53.9 Å². The Morgan fingerprint density at radius 3 is 2.64 bits per heavy atom. The summed E-state index contributed by atoms with van der Waals surface area (Å²) in [6, 6.07) is 8.17. The zero-order valence-electron chi connectivity index (χ0n) is 14.6. The van der Waals surface area contributed by atoms with Crippen molar-refractivity contribution in [2.75, 3.05) is 27.2 Å². The van der Waals surface area contributed by atoms with Crippen LogP contribution in [0.2, 0.25) is 0 Å². The quantitative estimate of drug-likeness (QED) is 0.883. The second-order valence-corrected chi connectivity index (χ2v) is 6.17. The van der Waals surface area contributed by atoms with Gasteiger partial charge in [0, 0.05) is 19.3 Å². The molecule has 0 bridgehead atoms. The van der Waals surface area contributed by atoms with Crippen molar-refractivity contribution >= 4 is 18.3 Å². The van der Waals surface area contributed by atoms with E-state index in [1.165, 1.54) is 0 Å². The van der Waals surface area contributed by atoms with Crippen molar-refractivity contribution in [2.24, 2.45) is 0 Å². The Morgan fingerprint density at radius 1 is 1.32 bits per heavy atom. The maximum absolute atomic E-state index is 12.6. The fourth-order valence-corrected chi connectivity index (χ4v) is 3.04. The fourth-order valence-electron chi connectivity index (χ4n) is 3.04. The second-order valence-electron chi connectivity index (χ2n) is 6.17. The lowest BCUT2D eigenvalue weighted by molar-refractivity contribution is 0.0703. The largest absolute Gasteiger partial charge is 0.497 e. The van der Waals surface area contributed by atoms with Gasteiger partial charge in [-0.1, -0.05) is 12.1 Å². The number of carbonyl (C=O) groups is 1. The van der Waals surface area contributed by atoms with E-state index in [0.29, 0.717) is 18.2 Å². The number of carbonyl (C=O) groups excluding carboxylic acids is 1. The number of methoxy groups -OCH3 is 1. The summed E-state index contributed by atoms with van der Waals surface area (Å²) in [6.07, 6.45) is 5.48. The molecule has 0 spiro atoms. The average Bonchev–Trinajstić information content (AvgIpc) is 3.10. The number of nitrogens with one attached hydrogen (secondary N) is 1. The van der Waals surface area contributed by atoms with Crippen molar-refractivity contribution < 1.29 is 9.53 Å². The topological polar surface area (TPSA) is 59.4 Å². The van der Waals surface area contributed by atoms with Gasteiger partial charge < -0.3 is 15.0 Å². The number of nitrogens with zero attached hydrogens (tertiary/aromatic N) is 3. The highest BCUT2D eigenvalue weighted by atomic mass is 35.5. The van der Waals surface area contributed by atoms with Gasteiger partial charge in [-0.15, -0.1) is 12.4 Å². The summed E-state index contributed by atoms with van der Waals surface area (Å²) in [5.74, 6) is 0.876. The van der Waals surface area contributed by atoms with Crippen LogP contribution >= 0.6 is 12.4 Å². The van der Waals surface area contributed by atoms with Gasteiger partial charge in [0.15, 0.2) is 0 Å². The first-order chi connectivity index (χ1) is 11.7. The molecule has 1 saturated heterocycles. The number of ether oxygens (including phenoxy) is 1. The normalized spacial score (nSPS) is 14.6.